The molecular formula is C57H40N2. The van der Waals surface area contributed by atoms with Crippen LogP contribution >= 0.6 is 0 Å². The van der Waals surface area contributed by atoms with Crippen LogP contribution in [0.5, 0.6) is 0 Å². The third kappa shape index (κ3) is 5.87. The van der Waals surface area contributed by atoms with Gasteiger partial charge in [-0.3, -0.25) is 0 Å². The molecule has 1 aliphatic rings. The number of rotatable bonds is 6. The molecule has 0 amide bonds. The molecule has 10 aromatic rings. The summed E-state index contributed by atoms with van der Waals surface area (Å²) in [6, 6.07) is 74.3. The first-order chi connectivity index (χ1) is 29.0. The van der Waals surface area contributed by atoms with E-state index < -0.39 is 0 Å². The molecule has 59 heavy (non-hydrogen) atoms. The summed E-state index contributed by atoms with van der Waals surface area (Å²) in [7, 11) is 0. The molecule has 1 aromatic heterocycles. The van der Waals surface area contributed by atoms with Gasteiger partial charge in [-0.1, -0.05) is 208 Å². The monoisotopic (exact) mass is 752 g/mol. The molecule has 0 bridgehead atoms. The maximum absolute atomic E-state index is 5.28. The quantitative estimate of drug-likeness (QED) is 0.169. The normalized spacial score (nSPS) is 12.7. The topological polar surface area (TPSA) is 25.8 Å². The molecule has 0 fully saturated rings. The molecule has 0 saturated carbocycles. The van der Waals surface area contributed by atoms with Crippen LogP contribution in [0.3, 0.4) is 0 Å². The molecule has 2 heteroatoms. The first kappa shape index (κ1) is 34.8. The summed E-state index contributed by atoms with van der Waals surface area (Å²) in [6.07, 6.45) is 0. The Morgan fingerprint density at radius 3 is 1.64 bits per heavy atom. The highest BCUT2D eigenvalue weighted by Gasteiger charge is 2.36. The predicted octanol–water partition coefficient (Wildman–Crippen LogP) is 15.1. The van der Waals surface area contributed by atoms with Crippen molar-refractivity contribution in [2.24, 2.45) is 0 Å². The van der Waals surface area contributed by atoms with Gasteiger partial charge in [-0.15, -0.1) is 0 Å². The van der Waals surface area contributed by atoms with E-state index in [4.69, 9.17) is 9.97 Å². The van der Waals surface area contributed by atoms with Gasteiger partial charge in [0.15, 0.2) is 5.82 Å². The van der Waals surface area contributed by atoms with Crippen molar-refractivity contribution in [1.29, 1.82) is 0 Å². The van der Waals surface area contributed by atoms with Crippen LogP contribution < -0.4 is 0 Å². The van der Waals surface area contributed by atoms with Crippen molar-refractivity contribution in [3.05, 3.63) is 217 Å². The van der Waals surface area contributed by atoms with E-state index >= 15 is 0 Å². The Bertz CT molecular complexity index is 3230. The highest BCUT2D eigenvalue weighted by molar-refractivity contribution is 6.05. The molecule has 0 aliphatic heterocycles. The van der Waals surface area contributed by atoms with E-state index in [2.05, 4.69) is 202 Å². The molecule has 278 valence electrons. The second kappa shape index (κ2) is 13.9. The van der Waals surface area contributed by atoms with Crippen molar-refractivity contribution in [3.8, 4) is 78.4 Å². The number of benzene rings is 9. The van der Waals surface area contributed by atoms with E-state index in [1.165, 1.54) is 60.7 Å². The van der Waals surface area contributed by atoms with E-state index in [9.17, 15) is 0 Å². The minimum Gasteiger partial charge on any atom is -0.228 e. The van der Waals surface area contributed by atoms with Crippen LogP contribution in [0.4, 0.5) is 0 Å². The summed E-state index contributed by atoms with van der Waals surface area (Å²) in [5, 5.41) is 4.78. The van der Waals surface area contributed by atoms with Gasteiger partial charge in [0.05, 0.1) is 11.4 Å². The molecule has 9 aromatic carbocycles. The lowest BCUT2D eigenvalue weighted by Gasteiger charge is -2.21. The van der Waals surface area contributed by atoms with Crippen LogP contribution in [0, 0.1) is 0 Å². The maximum atomic E-state index is 5.28. The standard InChI is InChI=1S/C57H40N2/c1-57(2)51-25-13-12-23-50(51)55-45(24-14-26-52(55)57)39-30-28-38(29-31-39)44-33-34-49(47-21-10-9-20-46(44)47)54-36-53(58-56(59-54)40-16-4-3-5-17-40)48-22-11-8-19-43(48)42-32-27-37-15-6-7-18-41(37)35-42/h3-36H,1-2H3. The van der Waals surface area contributed by atoms with E-state index in [-0.39, 0.29) is 5.41 Å². The lowest BCUT2D eigenvalue weighted by atomic mass is 9.82. The summed E-state index contributed by atoms with van der Waals surface area (Å²) in [6.45, 7) is 4.68. The second-order valence-electron chi connectivity index (χ2n) is 16.1. The van der Waals surface area contributed by atoms with Crippen LogP contribution in [0.1, 0.15) is 25.0 Å². The van der Waals surface area contributed by atoms with Gasteiger partial charge < -0.3 is 0 Å². The van der Waals surface area contributed by atoms with Gasteiger partial charge >= 0.3 is 0 Å². The van der Waals surface area contributed by atoms with Gasteiger partial charge in [-0.2, -0.15) is 0 Å². The Morgan fingerprint density at radius 1 is 0.322 bits per heavy atom. The number of fused-ring (bicyclic) bond motifs is 5. The molecule has 1 aliphatic carbocycles. The van der Waals surface area contributed by atoms with Crippen molar-refractivity contribution in [1.82, 2.24) is 9.97 Å². The average molecular weight is 753 g/mol. The van der Waals surface area contributed by atoms with E-state index in [0.717, 1.165) is 44.6 Å². The van der Waals surface area contributed by atoms with E-state index in [1.807, 2.05) is 18.2 Å². The summed E-state index contributed by atoms with van der Waals surface area (Å²) >= 11 is 0. The fourth-order valence-electron chi connectivity index (χ4n) is 9.35. The Labute approximate surface area is 345 Å². The summed E-state index contributed by atoms with van der Waals surface area (Å²) in [4.78, 5) is 10.5. The zero-order valence-corrected chi connectivity index (χ0v) is 33.0. The lowest BCUT2D eigenvalue weighted by Crippen LogP contribution is -2.14. The first-order valence-electron chi connectivity index (χ1n) is 20.4. The second-order valence-corrected chi connectivity index (χ2v) is 16.1. The fourth-order valence-corrected chi connectivity index (χ4v) is 9.35. The average Bonchev–Trinajstić information content (AvgIpc) is 3.54. The van der Waals surface area contributed by atoms with Crippen molar-refractivity contribution in [2.75, 3.05) is 0 Å². The van der Waals surface area contributed by atoms with Gasteiger partial charge in [-0.05, 0) is 89.3 Å². The molecule has 1 heterocycles. The summed E-state index contributed by atoms with van der Waals surface area (Å²) < 4.78 is 0. The Balaban J connectivity index is 1.02. The molecule has 11 rings (SSSR count). The lowest BCUT2D eigenvalue weighted by molar-refractivity contribution is 0.660. The van der Waals surface area contributed by atoms with Crippen LogP contribution in [0.15, 0.2) is 206 Å². The van der Waals surface area contributed by atoms with Crippen LogP contribution in [-0.4, -0.2) is 9.97 Å². The van der Waals surface area contributed by atoms with Crippen LogP contribution in [0.25, 0.3) is 100.0 Å². The zero-order valence-electron chi connectivity index (χ0n) is 33.0. The van der Waals surface area contributed by atoms with E-state index in [1.54, 1.807) is 0 Å². The Morgan fingerprint density at radius 2 is 0.864 bits per heavy atom. The Hall–Kier alpha value is -7.42. The number of nitrogens with zero attached hydrogens (tertiary/aromatic N) is 2. The van der Waals surface area contributed by atoms with Gasteiger partial charge in [0.1, 0.15) is 0 Å². The third-order valence-electron chi connectivity index (χ3n) is 12.3. The summed E-state index contributed by atoms with van der Waals surface area (Å²) in [5.74, 6) is 0.702. The summed E-state index contributed by atoms with van der Waals surface area (Å²) in [5.41, 5.74) is 17.5. The van der Waals surface area contributed by atoms with Crippen molar-refractivity contribution in [3.63, 3.8) is 0 Å². The molecular weight excluding hydrogens is 713 g/mol. The zero-order chi connectivity index (χ0) is 39.5. The van der Waals surface area contributed by atoms with Crippen LogP contribution in [-0.2, 0) is 5.41 Å². The largest absolute Gasteiger partial charge is 0.228 e. The molecule has 0 unspecified atom stereocenters. The van der Waals surface area contributed by atoms with Crippen LogP contribution in [0.2, 0.25) is 0 Å². The number of aromatic nitrogens is 2. The van der Waals surface area contributed by atoms with Crippen molar-refractivity contribution < 1.29 is 0 Å². The molecule has 0 spiro atoms. The first-order valence-corrected chi connectivity index (χ1v) is 20.4. The maximum Gasteiger partial charge on any atom is 0.160 e. The molecule has 0 saturated heterocycles. The molecule has 0 radical (unpaired) electrons. The molecule has 2 nitrogen and oxygen atoms in total. The fraction of sp³-hybridized carbons (Fsp3) is 0.0526. The number of hydrogen-bond donors (Lipinski definition) is 0. The predicted molar refractivity (Wildman–Crippen MR) is 247 cm³/mol. The highest BCUT2D eigenvalue weighted by Crippen LogP contribution is 2.52. The third-order valence-corrected chi connectivity index (χ3v) is 12.3. The van der Waals surface area contributed by atoms with Crippen molar-refractivity contribution >= 4 is 21.5 Å². The smallest absolute Gasteiger partial charge is 0.160 e. The Kier molecular flexibility index (Phi) is 8.20. The molecule has 0 atom stereocenters. The minimum absolute atomic E-state index is 0.0323. The van der Waals surface area contributed by atoms with Gasteiger partial charge in [-0.25, -0.2) is 9.97 Å². The minimum atomic E-state index is -0.0323. The van der Waals surface area contributed by atoms with Gasteiger partial charge in [0, 0.05) is 22.1 Å². The van der Waals surface area contributed by atoms with Gasteiger partial charge in [0.25, 0.3) is 0 Å². The number of hydrogen-bond acceptors (Lipinski definition) is 2. The van der Waals surface area contributed by atoms with E-state index in [0.29, 0.717) is 5.82 Å². The van der Waals surface area contributed by atoms with Gasteiger partial charge in [0.2, 0.25) is 0 Å². The molecule has 0 N–H and O–H groups in total. The highest BCUT2D eigenvalue weighted by atomic mass is 14.9. The van der Waals surface area contributed by atoms with Crippen molar-refractivity contribution in [2.45, 2.75) is 19.3 Å². The SMILES string of the molecule is CC1(C)c2ccccc2-c2c(-c3ccc(-c4ccc(-c5cc(-c6ccccc6-c6ccc7ccccc7c6)nc(-c6ccccc6)n5)c5ccccc45)cc3)cccc21.